The Balaban J connectivity index is 1.64. The van der Waals surface area contributed by atoms with Gasteiger partial charge in [0.05, 0.1) is 25.0 Å². The van der Waals surface area contributed by atoms with Crippen LogP contribution in [0, 0.1) is 11.6 Å². The highest BCUT2D eigenvalue weighted by Crippen LogP contribution is 2.32. The second-order valence-corrected chi connectivity index (χ2v) is 8.75. The number of halogens is 5. The molecule has 0 saturated carbocycles. The van der Waals surface area contributed by atoms with Crippen LogP contribution < -0.4 is 21.9 Å². The molecule has 12 nitrogen and oxygen atoms in total. The van der Waals surface area contributed by atoms with Crippen LogP contribution in [-0.2, 0) is 11.3 Å². The standard InChI is InChI=1S/C22H20F5N9O3S/c23-12-4-2-1-3-11(12)9-36-16(14-5-6-39-35-14)7-15(34-36)18-29-8-13(24)17(31-18)30-10-21(38,22(25,26)27)19(37)32-33-20(28)40/h1-8,20,33,38,40H,9-10,28H2,(H,32,37)(H,29,30,31). The van der Waals surface area contributed by atoms with E-state index in [-0.39, 0.29) is 23.6 Å². The molecule has 4 aromatic rings. The van der Waals surface area contributed by atoms with Crippen LogP contribution >= 0.6 is 12.6 Å². The predicted molar refractivity (Wildman–Crippen MR) is 132 cm³/mol. The molecule has 0 radical (unpaired) electrons. The third kappa shape index (κ3) is 6.19. The maximum Gasteiger partial charge on any atom is 0.428 e. The van der Waals surface area contributed by atoms with E-state index in [2.05, 4.69) is 32.9 Å². The summed E-state index contributed by atoms with van der Waals surface area (Å²) in [5, 5.41) is 20.3. The molecule has 1 amide bonds. The maximum atomic E-state index is 14.5. The Bertz CT molecular complexity index is 1480. The smallest absolute Gasteiger partial charge is 0.371 e. The highest BCUT2D eigenvalue weighted by atomic mass is 32.1. The molecule has 2 atom stereocenters. The molecule has 1 aromatic carbocycles. The van der Waals surface area contributed by atoms with Crippen molar-refractivity contribution in [3.8, 4) is 22.9 Å². The van der Waals surface area contributed by atoms with Crippen molar-refractivity contribution in [2.75, 3.05) is 11.9 Å². The number of nitrogens with one attached hydrogen (secondary N) is 3. The largest absolute Gasteiger partial charge is 0.428 e. The number of aliphatic hydroxyl groups is 1. The number of carbonyl (C=O) groups is 1. The summed E-state index contributed by atoms with van der Waals surface area (Å²) in [7, 11) is 0. The minimum absolute atomic E-state index is 0.0215. The zero-order valence-corrected chi connectivity index (χ0v) is 20.9. The quantitative estimate of drug-likeness (QED) is 0.0699. The van der Waals surface area contributed by atoms with Gasteiger partial charge in [-0.15, -0.1) is 12.6 Å². The van der Waals surface area contributed by atoms with E-state index in [0.29, 0.717) is 17.6 Å². The van der Waals surface area contributed by atoms with Crippen molar-refractivity contribution in [3.63, 3.8) is 0 Å². The lowest BCUT2D eigenvalue weighted by molar-refractivity contribution is -0.247. The van der Waals surface area contributed by atoms with Crippen molar-refractivity contribution in [3.05, 3.63) is 66.1 Å². The van der Waals surface area contributed by atoms with Crippen LogP contribution in [0.3, 0.4) is 0 Å². The molecule has 0 aliphatic rings. The van der Waals surface area contributed by atoms with Gasteiger partial charge in [0, 0.05) is 11.6 Å². The van der Waals surface area contributed by atoms with Crippen LogP contribution in [0.1, 0.15) is 5.56 Å². The van der Waals surface area contributed by atoms with Gasteiger partial charge in [-0.25, -0.2) is 24.2 Å². The summed E-state index contributed by atoms with van der Waals surface area (Å²) in [5.74, 6) is -4.64. The Morgan fingerprint density at radius 3 is 2.58 bits per heavy atom. The molecule has 40 heavy (non-hydrogen) atoms. The normalized spacial score (nSPS) is 14.0. The number of anilines is 1. The first-order chi connectivity index (χ1) is 18.9. The van der Waals surface area contributed by atoms with Crippen molar-refractivity contribution >= 4 is 24.4 Å². The number of hydrazine groups is 1. The highest BCUT2D eigenvalue weighted by Gasteiger charge is 2.59. The first-order valence-electron chi connectivity index (χ1n) is 11.2. The average Bonchev–Trinajstić information content (AvgIpc) is 3.57. The lowest BCUT2D eigenvalue weighted by atomic mass is 10.0. The Labute approximate surface area is 227 Å². The molecule has 3 heterocycles. The van der Waals surface area contributed by atoms with Crippen molar-refractivity contribution in [2.45, 2.75) is 23.8 Å². The summed E-state index contributed by atoms with van der Waals surface area (Å²) >= 11 is 3.64. The van der Waals surface area contributed by atoms with Gasteiger partial charge >= 0.3 is 6.18 Å². The fourth-order valence-corrected chi connectivity index (χ4v) is 3.43. The van der Waals surface area contributed by atoms with Crippen molar-refractivity contribution in [2.24, 2.45) is 5.73 Å². The number of hydrogen-bond acceptors (Lipinski definition) is 11. The summed E-state index contributed by atoms with van der Waals surface area (Å²) in [5.41, 5.74) is 4.39. The number of thiol groups is 1. The molecule has 0 aliphatic carbocycles. The van der Waals surface area contributed by atoms with E-state index < -0.39 is 47.2 Å². The maximum absolute atomic E-state index is 14.5. The molecular weight excluding hydrogens is 565 g/mol. The third-order valence-electron chi connectivity index (χ3n) is 5.42. The first kappa shape index (κ1) is 28.9. The SMILES string of the molecule is NC(S)NNC(=O)C(O)(CNc1nc(-c2cc(-c3ccon3)n(Cc3ccccc3F)n2)ncc1F)C(F)(F)F. The zero-order chi connectivity index (χ0) is 29.1. The molecular formula is C22H20F5N9O3S. The molecule has 0 fully saturated rings. The fourth-order valence-electron chi connectivity index (χ4n) is 3.36. The number of alkyl halides is 3. The Morgan fingerprint density at radius 2 is 1.93 bits per heavy atom. The minimum atomic E-state index is -5.49. The summed E-state index contributed by atoms with van der Waals surface area (Å²) in [4.78, 5) is 19.8. The molecule has 18 heteroatoms. The molecule has 0 saturated heterocycles. The first-order valence-corrected chi connectivity index (χ1v) is 11.7. The monoisotopic (exact) mass is 585 g/mol. The van der Waals surface area contributed by atoms with E-state index in [1.165, 1.54) is 41.3 Å². The van der Waals surface area contributed by atoms with Crippen LogP contribution in [0.2, 0.25) is 0 Å². The van der Waals surface area contributed by atoms with Crippen LogP contribution in [0.25, 0.3) is 22.9 Å². The number of rotatable bonds is 10. The van der Waals surface area contributed by atoms with Gasteiger partial charge in [-0.2, -0.15) is 18.3 Å². The molecule has 0 spiro atoms. The van der Waals surface area contributed by atoms with Crippen LogP contribution in [0.4, 0.5) is 27.8 Å². The van der Waals surface area contributed by atoms with Gasteiger partial charge in [0.1, 0.15) is 29.0 Å². The molecule has 2 unspecified atom stereocenters. The van der Waals surface area contributed by atoms with Gasteiger partial charge in [-0.05, 0) is 12.1 Å². The molecule has 4 rings (SSSR count). The minimum Gasteiger partial charge on any atom is -0.371 e. The van der Waals surface area contributed by atoms with E-state index in [1.807, 2.05) is 10.7 Å². The molecule has 212 valence electrons. The van der Waals surface area contributed by atoms with Gasteiger partial charge < -0.3 is 20.7 Å². The lowest BCUT2D eigenvalue weighted by Crippen LogP contribution is -2.64. The van der Waals surface area contributed by atoms with Gasteiger partial charge in [-0.1, -0.05) is 23.4 Å². The number of aromatic nitrogens is 5. The number of amides is 1. The summed E-state index contributed by atoms with van der Waals surface area (Å²) in [6.07, 6.45) is -3.54. The number of nitrogens with two attached hydrogens (primary N) is 1. The topological polar surface area (TPSA) is 169 Å². The predicted octanol–water partition coefficient (Wildman–Crippen LogP) is 1.82. The Kier molecular flexibility index (Phi) is 8.33. The van der Waals surface area contributed by atoms with Gasteiger partial charge in [0.15, 0.2) is 17.5 Å². The van der Waals surface area contributed by atoms with Crippen molar-refractivity contribution in [1.82, 2.24) is 35.8 Å². The van der Waals surface area contributed by atoms with E-state index >= 15 is 0 Å². The molecule has 0 aliphatic heterocycles. The summed E-state index contributed by atoms with van der Waals surface area (Å²) in [6, 6.07) is 8.89. The average molecular weight is 586 g/mol. The van der Waals surface area contributed by atoms with Crippen LogP contribution in [0.5, 0.6) is 0 Å². The lowest BCUT2D eigenvalue weighted by Gasteiger charge is -2.29. The van der Waals surface area contributed by atoms with Gasteiger partial charge in [0.25, 0.3) is 11.5 Å². The summed E-state index contributed by atoms with van der Waals surface area (Å²) < 4.78 is 75.8. The van der Waals surface area contributed by atoms with Crippen molar-refractivity contribution < 1.29 is 36.4 Å². The van der Waals surface area contributed by atoms with E-state index in [9.17, 15) is 31.9 Å². The third-order valence-corrected chi connectivity index (χ3v) is 5.55. The highest BCUT2D eigenvalue weighted by molar-refractivity contribution is 7.80. The van der Waals surface area contributed by atoms with Crippen molar-refractivity contribution in [1.29, 1.82) is 0 Å². The van der Waals surface area contributed by atoms with Crippen LogP contribution in [0.15, 0.2) is 53.4 Å². The summed E-state index contributed by atoms with van der Waals surface area (Å²) in [6.45, 7) is -1.59. The van der Waals surface area contributed by atoms with E-state index in [4.69, 9.17) is 10.3 Å². The zero-order valence-electron chi connectivity index (χ0n) is 20.0. The Hall–Kier alpha value is -4.13. The fraction of sp³-hybridized carbons (Fsp3) is 0.227. The van der Waals surface area contributed by atoms with Crippen LogP contribution in [-0.4, -0.2) is 59.7 Å². The molecule has 0 bridgehead atoms. The number of carbonyl (C=O) groups excluding carboxylic acids is 1. The second-order valence-electron chi connectivity index (χ2n) is 8.19. The Morgan fingerprint density at radius 1 is 1.18 bits per heavy atom. The van der Waals surface area contributed by atoms with E-state index in [0.717, 1.165) is 0 Å². The molecule has 3 aromatic heterocycles. The number of hydrogen-bond donors (Lipinski definition) is 6. The number of benzene rings is 1. The van der Waals surface area contributed by atoms with Gasteiger partial charge in [0.2, 0.25) is 0 Å². The van der Waals surface area contributed by atoms with E-state index in [1.54, 1.807) is 11.5 Å². The van der Waals surface area contributed by atoms with Gasteiger partial charge in [-0.3, -0.25) is 14.9 Å². The molecule has 6 N–H and O–H groups in total. The number of nitrogens with zero attached hydrogens (tertiary/aromatic N) is 5. The second kappa shape index (κ2) is 11.5.